The number of nitrogens with zero attached hydrogens (tertiary/aromatic N) is 1. The molecule has 3 aromatic rings. The van der Waals surface area contributed by atoms with Crippen molar-refractivity contribution >= 4 is 21.6 Å². The van der Waals surface area contributed by atoms with Crippen LogP contribution in [-0.2, 0) is 21.4 Å². The van der Waals surface area contributed by atoms with Gasteiger partial charge >= 0.3 is 0 Å². The lowest BCUT2D eigenvalue weighted by molar-refractivity contribution is -0.127. The zero-order valence-electron chi connectivity index (χ0n) is 18.3. The zero-order valence-corrected chi connectivity index (χ0v) is 19.1. The van der Waals surface area contributed by atoms with Gasteiger partial charge in [0.1, 0.15) is 5.75 Å². The Kier molecular flexibility index (Phi) is 5.93. The molecule has 6 nitrogen and oxygen atoms in total. The highest BCUT2D eigenvalue weighted by Crippen LogP contribution is 2.37. The fraction of sp³-hybridized carbons (Fsp3) is 0.240. The summed E-state index contributed by atoms with van der Waals surface area (Å²) in [5, 5.41) is 2.89. The van der Waals surface area contributed by atoms with Crippen LogP contribution in [0.15, 0.2) is 71.6 Å². The lowest BCUT2D eigenvalue weighted by atomic mass is 10.1. The Balaban J connectivity index is 1.63. The Bertz CT molecular complexity index is 1250. The minimum Gasteiger partial charge on any atom is -0.476 e. The summed E-state index contributed by atoms with van der Waals surface area (Å²) in [5.74, 6) is 0.0113. The summed E-state index contributed by atoms with van der Waals surface area (Å²) in [6, 6.07) is 19.8. The summed E-state index contributed by atoms with van der Waals surface area (Å²) >= 11 is 0. The van der Waals surface area contributed by atoms with Gasteiger partial charge in [0, 0.05) is 6.54 Å². The Hall–Kier alpha value is -3.32. The first-order valence-electron chi connectivity index (χ1n) is 10.4. The molecule has 1 aliphatic heterocycles. The van der Waals surface area contributed by atoms with E-state index in [0.29, 0.717) is 18.0 Å². The number of carbonyl (C=O) groups excluding carboxylic acids is 1. The quantitative estimate of drug-likeness (QED) is 0.640. The van der Waals surface area contributed by atoms with Gasteiger partial charge in [-0.2, -0.15) is 0 Å². The number of aryl methyl sites for hydroxylation is 3. The van der Waals surface area contributed by atoms with E-state index in [1.807, 2.05) is 51.1 Å². The van der Waals surface area contributed by atoms with E-state index in [0.717, 1.165) is 22.3 Å². The molecule has 0 saturated heterocycles. The SMILES string of the molecule is Cc1ccc(S(=O)(=O)N2CC(C(=O)NCc3ccccc3C)Oc3ccc(C)cc32)cc1. The monoisotopic (exact) mass is 450 g/mol. The van der Waals surface area contributed by atoms with Gasteiger partial charge < -0.3 is 10.1 Å². The van der Waals surface area contributed by atoms with Crippen LogP contribution in [0.25, 0.3) is 0 Å². The highest BCUT2D eigenvalue weighted by Gasteiger charge is 2.37. The molecule has 0 saturated carbocycles. The fourth-order valence-corrected chi connectivity index (χ4v) is 5.14. The molecule has 7 heteroatoms. The maximum Gasteiger partial charge on any atom is 0.264 e. The largest absolute Gasteiger partial charge is 0.476 e. The number of anilines is 1. The maximum atomic E-state index is 13.5. The fourth-order valence-electron chi connectivity index (χ4n) is 3.67. The second-order valence-corrected chi connectivity index (χ2v) is 9.93. The Morgan fingerprint density at radius 1 is 1.00 bits per heavy atom. The number of benzene rings is 3. The van der Waals surface area contributed by atoms with Crippen LogP contribution in [0.1, 0.15) is 22.3 Å². The van der Waals surface area contributed by atoms with Gasteiger partial charge in [-0.15, -0.1) is 0 Å². The molecule has 1 N–H and O–H groups in total. The van der Waals surface area contributed by atoms with Crippen molar-refractivity contribution in [3.8, 4) is 5.75 Å². The lowest BCUT2D eigenvalue weighted by Crippen LogP contribution is -2.50. The molecule has 0 radical (unpaired) electrons. The molecule has 1 amide bonds. The van der Waals surface area contributed by atoms with Crippen LogP contribution in [0.2, 0.25) is 0 Å². The van der Waals surface area contributed by atoms with E-state index in [4.69, 9.17) is 4.74 Å². The first-order valence-corrected chi connectivity index (χ1v) is 11.9. The standard InChI is InChI=1S/C25H26N2O4S/c1-17-8-11-21(12-9-17)32(29,30)27-16-24(31-23-13-10-18(2)14-22(23)27)25(28)26-15-20-7-5-4-6-19(20)3/h4-14,24H,15-16H2,1-3H3,(H,26,28). The van der Waals surface area contributed by atoms with Crippen LogP contribution in [0.5, 0.6) is 5.75 Å². The first kappa shape index (κ1) is 21.9. The molecule has 32 heavy (non-hydrogen) atoms. The van der Waals surface area contributed by atoms with Crippen molar-refractivity contribution in [2.24, 2.45) is 0 Å². The molecule has 0 aromatic heterocycles. The molecule has 4 rings (SSSR count). The molecule has 166 valence electrons. The van der Waals surface area contributed by atoms with Crippen molar-refractivity contribution in [1.82, 2.24) is 5.32 Å². The van der Waals surface area contributed by atoms with Crippen LogP contribution < -0.4 is 14.4 Å². The maximum absolute atomic E-state index is 13.5. The number of hydrogen-bond acceptors (Lipinski definition) is 4. The van der Waals surface area contributed by atoms with Crippen molar-refractivity contribution in [1.29, 1.82) is 0 Å². The molecule has 1 heterocycles. The molecule has 0 bridgehead atoms. The van der Waals surface area contributed by atoms with Crippen molar-refractivity contribution in [2.45, 2.75) is 38.3 Å². The van der Waals surface area contributed by atoms with E-state index >= 15 is 0 Å². The third kappa shape index (κ3) is 4.34. The summed E-state index contributed by atoms with van der Waals surface area (Å²) < 4.78 is 34.2. The normalized spacial score (nSPS) is 15.6. The Morgan fingerprint density at radius 2 is 1.69 bits per heavy atom. The van der Waals surface area contributed by atoms with E-state index in [1.54, 1.807) is 36.4 Å². The van der Waals surface area contributed by atoms with E-state index in [2.05, 4.69) is 5.32 Å². The highest BCUT2D eigenvalue weighted by molar-refractivity contribution is 7.92. The van der Waals surface area contributed by atoms with Gasteiger partial charge in [-0.25, -0.2) is 8.42 Å². The van der Waals surface area contributed by atoms with Crippen molar-refractivity contribution in [3.63, 3.8) is 0 Å². The lowest BCUT2D eigenvalue weighted by Gasteiger charge is -2.35. The minimum absolute atomic E-state index is 0.105. The molecule has 0 spiro atoms. The molecule has 1 unspecified atom stereocenters. The van der Waals surface area contributed by atoms with E-state index in [1.165, 1.54) is 4.31 Å². The molecule has 1 atom stereocenters. The third-order valence-corrected chi connectivity index (χ3v) is 7.39. The number of rotatable bonds is 5. The number of hydrogen-bond donors (Lipinski definition) is 1. The van der Waals surface area contributed by atoms with Gasteiger partial charge in [-0.1, -0.05) is 48.0 Å². The van der Waals surface area contributed by atoms with Crippen LogP contribution in [0.4, 0.5) is 5.69 Å². The summed E-state index contributed by atoms with van der Waals surface area (Å²) in [6.45, 7) is 6.01. The summed E-state index contributed by atoms with van der Waals surface area (Å²) in [5.41, 5.74) is 4.38. The van der Waals surface area contributed by atoms with E-state index in [9.17, 15) is 13.2 Å². The van der Waals surface area contributed by atoms with Gasteiger partial charge in [0.25, 0.3) is 15.9 Å². The average Bonchev–Trinajstić information content (AvgIpc) is 2.78. The topological polar surface area (TPSA) is 75.7 Å². The zero-order chi connectivity index (χ0) is 22.9. The molecule has 1 aliphatic rings. The van der Waals surface area contributed by atoms with Gasteiger partial charge in [0.2, 0.25) is 0 Å². The third-order valence-electron chi connectivity index (χ3n) is 5.60. The van der Waals surface area contributed by atoms with Gasteiger partial charge in [0.05, 0.1) is 17.1 Å². The summed E-state index contributed by atoms with van der Waals surface area (Å²) in [7, 11) is -3.88. The Labute approximate surface area is 188 Å². The summed E-state index contributed by atoms with van der Waals surface area (Å²) in [6.07, 6.45) is -0.963. The molecular formula is C25H26N2O4S. The number of fused-ring (bicyclic) bond motifs is 1. The molecule has 0 fully saturated rings. The second-order valence-electron chi connectivity index (χ2n) is 8.07. The molecule has 0 aliphatic carbocycles. The van der Waals surface area contributed by atoms with Gasteiger partial charge in [-0.3, -0.25) is 9.10 Å². The number of ether oxygens (including phenoxy) is 1. The van der Waals surface area contributed by atoms with E-state index in [-0.39, 0.29) is 17.3 Å². The number of carbonyl (C=O) groups is 1. The van der Waals surface area contributed by atoms with Crippen LogP contribution in [0, 0.1) is 20.8 Å². The number of nitrogens with one attached hydrogen (secondary N) is 1. The average molecular weight is 451 g/mol. The molecule has 3 aromatic carbocycles. The van der Waals surface area contributed by atoms with Crippen molar-refractivity contribution in [2.75, 3.05) is 10.8 Å². The number of amides is 1. The van der Waals surface area contributed by atoms with Crippen LogP contribution in [0.3, 0.4) is 0 Å². The van der Waals surface area contributed by atoms with E-state index < -0.39 is 16.1 Å². The predicted molar refractivity (Wildman–Crippen MR) is 124 cm³/mol. The highest BCUT2D eigenvalue weighted by atomic mass is 32.2. The predicted octanol–water partition coefficient (Wildman–Crippen LogP) is 3.88. The Morgan fingerprint density at radius 3 is 2.41 bits per heavy atom. The minimum atomic E-state index is -3.88. The van der Waals surface area contributed by atoms with Gasteiger partial charge in [0.15, 0.2) is 6.10 Å². The number of sulfonamides is 1. The second kappa shape index (κ2) is 8.67. The van der Waals surface area contributed by atoms with Gasteiger partial charge in [-0.05, 0) is 61.7 Å². The van der Waals surface area contributed by atoms with Crippen LogP contribution >= 0.6 is 0 Å². The van der Waals surface area contributed by atoms with Crippen molar-refractivity contribution < 1.29 is 17.9 Å². The van der Waals surface area contributed by atoms with Crippen LogP contribution in [-0.4, -0.2) is 27.0 Å². The first-order chi connectivity index (χ1) is 15.3. The van der Waals surface area contributed by atoms with Crippen molar-refractivity contribution in [3.05, 3.63) is 89.0 Å². The summed E-state index contributed by atoms with van der Waals surface area (Å²) in [4.78, 5) is 13.1. The smallest absolute Gasteiger partial charge is 0.264 e. The molecular weight excluding hydrogens is 424 g/mol.